The molecule has 0 saturated carbocycles. The first-order valence-electron chi connectivity index (χ1n) is 20.5. The number of para-hydroxylation sites is 1. The van der Waals surface area contributed by atoms with Crippen molar-refractivity contribution in [3.63, 3.8) is 0 Å². The van der Waals surface area contributed by atoms with Gasteiger partial charge in [-0.2, -0.15) is 0 Å². The van der Waals surface area contributed by atoms with Crippen molar-refractivity contribution in [3.8, 4) is 44.5 Å². The minimum absolute atomic E-state index is 0.850. The fraction of sp³-hybridized carbons (Fsp3) is 0. The molecule has 10 aromatic rings. The van der Waals surface area contributed by atoms with E-state index in [0.717, 1.165) is 61.3 Å². The fourth-order valence-electron chi connectivity index (χ4n) is 9.17. The van der Waals surface area contributed by atoms with Gasteiger partial charge in [0.15, 0.2) is 5.58 Å². The summed E-state index contributed by atoms with van der Waals surface area (Å²) >= 11 is 0. The van der Waals surface area contributed by atoms with Crippen LogP contribution in [0, 0.1) is 0 Å². The fourth-order valence-corrected chi connectivity index (χ4v) is 9.17. The Morgan fingerprint density at radius 2 is 0.831 bits per heavy atom. The second kappa shape index (κ2) is 14.8. The van der Waals surface area contributed by atoms with Crippen LogP contribution in [0.25, 0.3) is 77.2 Å². The van der Waals surface area contributed by atoms with Crippen LogP contribution in [0.2, 0.25) is 0 Å². The molecule has 0 aliphatic heterocycles. The third kappa shape index (κ3) is 6.21. The monoisotopic (exact) mass is 749 g/mol. The van der Waals surface area contributed by atoms with Crippen molar-refractivity contribution in [1.29, 1.82) is 0 Å². The Morgan fingerprint density at radius 3 is 1.49 bits per heavy atom. The number of furan rings is 1. The first kappa shape index (κ1) is 36.5. The maximum atomic E-state index is 7.22. The molecule has 0 N–H and O–H groups in total. The highest BCUT2D eigenvalue weighted by Crippen LogP contribution is 2.48. The Bertz CT molecular complexity index is 3160. The molecule has 0 aliphatic carbocycles. The Morgan fingerprint density at radius 1 is 0.339 bits per heavy atom. The number of hydrogen-bond donors (Lipinski definition) is 0. The molecule has 0 amide bonds. The molecule has 0 saturated heterocycles. The number of benzene rings is 9. The predicted octanol–water partition coefficient (Wildman–Crippen LogP) is 6.17. The number of hydrogen-bond acceptors (Lipinski definition) is 2. The summed E-state index contributed by atoms with van der Waals surface area (Å²) in [7, 11) is 11.3. The van der Waals surface area contributed by atoms with Crippen LogP contribution in [0.1, 0.15) is 0 Å². The van der Waals surface area contributed by atoms with Crippen LogP contribution >= 0.6 is 0 Å². The Kier molecular flexibility index (Phi) is 9.18. The van der Waals surface area contributed by atoms with Crippen molar-refractivity contribution < 1.29 is 4.42 Å². The summed E-state index contributed by atoms with van der Waals surface area (Å²) < 4.78 is 7.22. The Hall–Kier alpha value is -6.84. The van der Waals surface area contributed by atoms with E-state index in [1.165, 1.54) is 60.3 Å². The molecule has 0 unspecified atom stereocenters. The van der Waals surface area contributed by atoms with Gasteiger partial charge in [0.05, 0.1) is 5.69 Å². The van der Waals surface area contributed by atoms with Crippen molar-refractivity contribution in [3.05, 3.63) is 182 Å². The molecule has 274 valence electrons. The molecule has 0 radical (unpaired) electrons. The maximum Gasteiger partial charge on any atom is 0.160 e. The van der Waals surface area contributed by atoms with E-state index >= 15 is 0 Å². The van der Waals surface area contributed by atoms with Crippen LogP contribution in [-0.2, 0) is 0 Å². The molecular formula is C52H40B5NO. The van der Waals surface area contributed by atoms with Gasteiger partial charge in [0, 0.05) is 27.7 Å². The van der Waals surface area contributed by atoms with E-state index in [1.807, 2.05) is 0 Å². The minimum Gasteiger partial charge on any atom is -0.453 e. The van der Waals surface area contributed by atoms with E-state index in [-0.39, 0.29) is 0 Å². The minimum atomic E-state index is 0.850. The van der Waals surface area contributed by atoms with Crippen LogP contribution in [0.4, 0.5) is 17.1 Å². The summed E-state index contributed by atoms with van der Waals surface area (Å²) in [6.45, 7) is 0. The topological polar surface area (TPSA) is 16.4 Å². The number of anilines is 3. The van der Waals surface area contributed by atoms with Crippen LogP contribution < -0.4 is 32.2 Å². The van der Waals surface area contributed by atoms with Gasteiger partial charge in [-0.1, -0.05) is 163 Å². The lowest BCUT2D eigenvalue weighted by Gasteiger charge is -2.27. The van der Waals surface area contributed by atoms with Crippen molar-refractivity contribution >= 4 is 116 Å². The Labute approximate surface area is 350 Å². The largest absolute Gasteiger partial charge is 0.453 e. The zero-order valence-corrected chi connectivity index (χ0v) is 34.2. The molecule has 2 nitrogen and oxygen atoms in total. The molecule has 1 aromatic heterocycles. The quantitative estimate of drug-likeness (QED) is 0.182. The molecule has 7 heteroatoms. The van der Waals surface area contributed by atoms with Gasteiger partial charge in [0.2, 0.25) is 0 Å². The van der Waals surface area contributed by atoms with Gasteiger partial charge >= 0.3 is 0 Å². The molecule has 10 rings (SSSR count). The number of rotatable bonds is 7. The second-order valence-electron chi connectivity index (χ2n) is 15.8. The molecule has 1 heterocycles. The van der Waals surface area contributed by atoms with Gasteiger partial charge in [-0.15, -0.1) is 16.4 Å². The highest BCUT2D eigenvalue weighted by molar-refractivity contribution is 6.68. The number of nitrogens with zero attached hydrogens (tertiary/aromatic N) is 1. The molecule has 9 aromatic carbocycles. The van der Waals surface area contributed by atoms with Crippen LogP contribution in [0.15, 0.2) is 186 Å². The predicted molar refractivity (Wildman–Crippen MR) is 269 cm³/mol. The van der Waals surface area contributed by atoms with E-state index in [1.54, 1.807) is 0 Å². The van der Waals surface area contributed by atoms with Crippen LogP contribution in [0.3, 0.4) is 0 Å². The molecule has 0 fully saturated rings. The standard InChI is InChI=1S/C52H40B5NO/c53-46-44(47(54)49(56)50(57)48(46)55)35-23-27-37(28-24-35)58(36-25-21-34(22-26-36)39-18-9-16-31-15-7-8-17-38(31)39)43-30-29-40(32-11-3-1-4-12-32)45-42-20-10-19-41(51(42)59-52(43)45)33-13-5-2-6-14-33/h1-30H,53-57H2. The van der Waals surface area contributed by atoms with Crippen molar-refractivity contribution in [2.24, 2.45) is 0 Å². The van der Waals surface area contributed by atoms with Gasteiger partial charge in [-0.3, -0.25) is 0 Å². The lowest BCUT2D eigenvalue weighted by atomic mass is 9.60. The van der Waals surface area contributed by atoms with Crippen LogP contribution in [-0.4, -0.2) is 39.2 Å². The Balaban J connectivity index is 1.21. The molecule has 0 bridgehead atoms. The summed E-state index contributed by atoms with van der Waals surface area (Å²) in [5.74, 6) is 0. The normalized spacial score (nSPS) is 11.4. The first-order valence-corrected chi connectivity index (χ1v) is 20.5. The molecule has 0 atom stereocenters. The van der Waals surface area contributed by atoms with Gasteiger partial charge in [-0.25, -0.2) is 0 Å². The summed E-state index contributed by atoms with van der Waals surface area (Å²) in [5.41, 5.74) is 21.1. The lowest BCUT2D eigenvalue weighted by Crippen LogP contribution is -2.55. The third-order valence-corrected chi connectivity index (χ3v) is 12.7. The average Bonchev–Trinajstić information content (AvgIpc) is 3.69. The van der Waals surface area contributed by atoms with E-state index in [0.29, 0.717) is 0 Å². The second-order valence-corrected chi connectivity index (χ2v) is 15.8. The summed E-state index contributed by atoms with van der Waals surface area (Å²) in [4.78, 5) is 2.36. The van der Waals surface area contributed by atoms with E-state index in [2.05, 4.69) is 226 Å². The van der Waals surface area contributed by atoms with Gasteiger partial charge in [0.1, 0.15) is 44.8 Å². The smallest absolute Gasteiger partial charge is 0.160 e. The van der Waals surface area contributed by atoms with E-state index in [4.69, 9.17) is 4.42 Å². The van der Waals surface area contributed by atoms with E-state index < -0.39 is 0 Å². The first-order chi connectivity index (χ1) is 28.9. The molecule has 59 heavy (non-hydrogen) atoms. The van der Waals surface area contributed by atoms with Gasteiger partial charge in [-0.05, 0) is 80.0 Å². The van der Waals surface area contributed by atoms with Crippen molar-refractivity contribution in [2.45, 2.75) is 0 Å². The zero-order valence-electron chi connectivity index (χ0n) is 34.2. The van der Waals surface area contributed by atoms with Crippen molar-refractivity contribution in [1.82, 2.24) is 0 Å². The maximum absolute atomic E-state index is 7.22. The lowest BCUT2D eigenvalue weighted by molar-refractivity contribution is 0.670. The van der Waals surface area contributed by atoms with Gasteiger partial charge < -0.3 is 9.32 Å². The highest BCUT2D eigenvalue weighted by Gasteiger charge is 2.24. The third-order valence-electron chi connectivity index (χ3n) is 12.7. The molecular weight excluding hydrogens is 709 g/mol. The highest BCUT2D eigenvalue weighted by atomic mass is 16.3. The summed E-state index contributed by atoms with van der Waals surface area (Å²) in [5, 5.41) is 4.69. The molecule has 0 aliphatic rings. The van der Waals surface area contributed by atoms with Gasteiger partial charge in [0.25, 0.3) is 0 Å². The average molecular weight is 749 g/mol. The van der Waals surface area contributed by atoms with Crippen LogP contribution in [0.5, 0.6) is 0 Å². The SMILES string of the molecule is Bc1c(B)c(B)c(-c2ccc(N(c3ccc(-c4cccc5ccccc45)cc3)c3ccc(-c4ccccc4)c4c3oc3c(-c5ccccc5)cccc34)cc2)c(B)c1B. The zero-order chi connectivity index (χ0) is 40.2. The van der Waals surface area contributed by atoms with Crippen molar-refractivity contribution in [2.75, 3.05) is 4.90 Å². The number of fused-ring (bicyclic) bond motifs is 4. The summed E-state index contributed by atoms with van der Waals surface area (Å²) in [6, 6.07) is 65.6. The molecule has 0 spiro atoms. The van der Waals surface area contributed by atoms with E-state index in [9.17, 15) is 0 Å². The summed E-state index contributed by atoms with van der Waals surface area (Å²) in [6.07, 6.45) is 0.